The number of aromatic amines is 1. The molecule has 12 heteroatoms. The number of carbonyl (C=O) groups excluding carboxylic acids is 1. The van der Waals surface area contributed by atoms with Crippen LogP contribution in [-0.2, 0) is 10.5 Å². The van der Waals surface area contributed by atoms with Crippen molar-refractivity contribution in [3.8, 4) is 16.9 Å². The van der Waals surface area contributed by atoms with E-state index in [1.165, 1.54) is 53.2 Å². The lowest BCUT2D eigenvalue weighted by Gasteiger charge is -2.38. The number of hydrogen-bond acceptors (Lipinski definition) is 7. The summed E-state index contributed by atoms with van der Waals surface area (Å²) in [6.45, 7) is 0.373. The molecule has 0 unspecified atom stereocenters. The zero-order valence-corrected chi connectivity index (χ0v) is 23.3. The summed E-state index contributed by atoms with van der Waals surface area (Å²) in [5.41, 5.74) is 0.587. The first-order chi connectivity index (χ1) is 20.7. The largest absolute Gasteiger partial charge is 0.503 e. The van der Waals surface area contributed by atoms with Gasteiger partial charge in [0, 0.05) is 34.5 Å². The molecule has 1 amide bonds. The number of carbonyl (C=O) groups is 2. The zero-order valence-electron chi connectivity index (χ0n) is 22.5. The smallest absolute Gasteiger partial charge is 0.335 e. The van der Waals surface area contributed by atoms with Gasteiger partial charge in [0.15, 0.2) is 23.1 Å². The standard InChI is InChI=1S/C31H25F2N3O6S/c32-22-9-8-18-21(25(22)33)15-43-23-7-2-1-6-19(23)26(18)35-24-14-42-11-10-36(24)30(39)27-29(38)28(37)20(13-34-27)16-4-3-5-17(12-16)31(40)41/h1-9,12-13,24,26,35,38H,10-11,14-15H2,(H,34,37)(H,40,41)/t24-,26+/m0/s1. The van der Waals surface area contributed by atoms with Gasteiger partial charge in [-0.15, -0.1) is 11.8 Å². The molecule has 2 aliphatic rings. The van der Waals surface area contributed by atoms with E-state index in [4.69, 9.17) is 4.74 Å². The van der Waals surface area contributed by atoms with Crippen molar-refractivity contribution in [1.82, 2.24) is 15.2 Å². The Balaban J connectivity index is 1.34. The monoisotopic (exact) mass is 605 g/mol. The molecule has 3 aromatic carbocycles. The van der Waals surface area contributed by atoms with Gasteiger partial charge in [0.25, 0.3) is 5.91 Å². The van der Waals surface area contributed by atoms with Gasteiger partial charge in [0.2, 0.25) is 5.43 Å². The molecule has 0 bridgehead atoms. The van der Waals surface area contributed by atoms with E-state index in [0.717, 1.165) is 16.5 Å². The van der Waals surface area contributed by atoms with Crippen molar-refractivity contribution in [2.45, 2.75) is 22.9 Å². The number of halogens is 2. The number of benzene rings is 3. The Morgan fingerprint density at radius 1 is 1.07 bits per heavy atom. The van der Waals surface area contributed by atoms with Crippen LogP contribution in [0.4, 0.5) is 8.78 Å². The molecule has 2 atom stereocenters. The third-order valence-corrected chi connectivity index (χ3v) is 8.70. The molecule has 0 radical (unpaired) electrons. The number of pyridine rings is 1. The van der Waals surface area contributed by atoms with E-state index < -0.39 is 46.9 Å². The van der Waals surface area contributed by atoms with E-state index in [9.17, 15) is 33.4 Å². The third-order valence-electron chi connectivity index (χ3n) is 7.59. The first-order valence-electron chi connectivity index (χ1n) is 13.4. The van der Waals surface area contributed by atoms with Gasteiger partial charge in [0.1, 0.15) is 6.17 Å². The molecule has 1 saturated heterocycles. The van der Waals surface area contributed by atoms with Gasteiger partial charge >= 0.3 is 5.97 Å². The highest BCUT2D eigenvalue weighted by atomic mass is 32.2. The van der Waals surface area contributed by atoms with E-state index in [2.05, 4.69) is 10.3 Å². The van der Waals surface area contributed by atoms with Crippen LogP contribution in [0.2, 0.25) is 0 Å². The highest BCUT2D eigenvalue weighted by Gasteiger charge is 2.35. The molecule has 0 saturated carbocycles. The van der Waals surface area contributed by atoms with E-state index in [0.29, 0.717) is 5.56 Å². The lowest BCUT2D eigenvalue weighted by Crippen LogP contribution is -2.56. The summed E-state index contributed by atoms with van der Waals surface area (Å²) in [7, 11) is 0. The summed E-state index contributed by atoms with van der Waals surface area (Å²) in [5, 5.41) is 23.5. The van der Waals surface area contributed by atoms with Crippen LogP contribution in [-0.4, -0.2) is 57.9 Å². The molecule has 43 heavy (non-hydrogen) atoms. The molecule has 1 aromatic heterocycles. The van der Waals surface area contributed by atoms with Crippen molar-refractivity contribution in [3.05, 3.63) is 117 Å². The van der Waals surface area contributed by atoms with Crippen molar-refractivity contribution < 1.29 is 33.3 Å². The summed E-state index contributed by atoms with van der Waals surface area (Å²) in [5.74, 6) is -4.32. The number of aromatic hydroxyl groups is 1. The van der Waals surface area contributed by atoms with Crippen LogP contribution < -0.4 is 10.7 Å². The predicted octanol–water partition coefficient (Wildman–Crippen LogP) is 4.51. The van der Waals surface area contributed by atoms with E-state index in [1.54, 1.807) is 0 Å². The van der Waals surface area contributed by atoms with Gasteiger partial charge in [-0.25, -0.2) is 13.6 Å². The Morgan fingerprint density at radius 3 is 2.70 bits per heavy atom. The fourth-order valence-corrected chi connectivity index (χ4v) is 6.53. The maximum atomic E-state index is 15.0. The number of hydrogen-bond donors (Lipinski definition) is 4. The number of thioether (sulfide) groups is 1. The van der Waals surface area contributed by atoms with Crippen molar-refractivity contribution in [2.24, 2.45) is 0 Å². The van der Waals surface area contributed by atoms with Gasteiger partial charge in [-0.3, -0.25) is 14.9 Å². The molecule has 220 valence electrons. The molecule has 1 fully saturated rings. The summed E-state index contributed by atoms with van der Waals surface area (Å²) >= 11 is 1.39. The summed E-state index contributed by atoms with van der Waals surface area (Å²) in [4.78, 5) is 43.3. The molecule has 0 spiro atoms. The van der Waals surface area contributed by atoms with Crippen LogP contribution in [0.1, 0.15) is 43.6 Å². The van der Waals surface area contributed by atoms with E-state index in [1.807, 2.05) is 24.3 Å². The lowest BCUT2D eigenvalue weighted by molar-refractivity contribution is -0.0151. The topological polar surface area (TPSA) is 132 Å². The van der Waals surface area contributed by atoms with Gasteiger partial charge in [-0.05, 0) is 41.0 Å². The van der Waals surface area contributed by atoms with Crippen LogP contribution in [0.25, 0.3) is 11.1 Å². The third kappa shape index (κ3) is 5.29. The minimum absolute atomic E-state index is 0.00719. The van der Waals surface area contributed by atoms with Gasteiger partial charge in [-0.1, -0.05) is 36.4 Å². The Bertz CT molecular complexity index is 1810. The second-order valence-corrected chi connectivity index (χ2v) is 11.1. The number of nitrogens with one attached hydrogen (secondary N) is 2. The number of rotatable bonds is 5. The molecular weight excluding hydrogens is 580 g/mol. The Morgan fingerprint density at radius 2 is 1.88 bits per heavy atom. The van der Waals surface area contributed by atoms with E-state index in [-0.39, 0.29) is 53.5 Å². The molecule has 4 N–H and O–H groups in total. The number of carboxylic acids is 1. The highest BCUT2D eigenvalue weighted by Crippen LogP contribution is 2.41. The van der Waals surface area contributed by atoms with Crippen molar-refractivity contribution in [3.63, 3.8) is 0 Å². The molecule has 2 aliphatic heterocycles. The summed E-state index contributed by atoms with van der Waals surface area (Å²) in [6.07, 6.45) is 0.490. The quantitative estimate of drug-likeness (QED) is 0.262. The number of aromatic carboxylic acids is 1. The van der Waals surface area contributed by atoms with E-state index >= 15 is 0 Å². The summed E-state index contributed by atoms with van der Waals surface area (Å²) in [6, 6.07) is 15.1. The fraction of sp³-hybridized carbons (Fsp3) is 0.194. The minimum Gasteiger partial charge on any atom is -0.503 e. The number of amides is 1. The Hall–Kier alpha value is -4.52. The molecule has 9 nitrogen and oxygen atoms in total. The molecule has 6 rings (SSSR count). The minimum atomic E-state index is -1.18. The molecule has 3 heterocycles. The van der Waals surface area contributed by atoms with Gasteiger partial charge in [-0.2, -0.15) is 0 Å². The van der Waals surface area contributed by atoms with Crippen molar-refractivity contribution in [1.29, 1.82) is 0 Å². The first kappa shape index (κ1) is 28.6. The van der Waals surface area contributed by atoms with Crippen LogP contribution in [0, 0.1) is 11.6 Å². The number of H-pyrrole nitrogens is 1. The van der Waals surface area contributed by atoms with Crippen LogP contribution in [0.15, 0.2) is 76.6 Å². The maximum absolute atomic E-state index is 15.0. The van der Waals surface area contributed by atoms with Crippen LogP contribution in [0.3, 0.4) is 0 Å². The van der Waals surface area contributed by atoms with Crippen LogP contribution in [0.5, 0.6) is 5.75 Å². The highest BCUT2D eigenvalue weighted by molar-refractivity contribution is 7.98. The maximum Gasteiger partial charge on any atom is 0.335 e. The normalized spacial score (nSPS) is 18.0. The lowest BCUT2D eigenvalue weighted by atomic mass is 9.94. The SMILES string of the molecule is O=C(O)c1cccc(-c2c[nH]c(C(=O)N3CCOC[C@H]3N[C@H]3c4ccccc4SCc4c3ccc(F)c4F)c(O)c2=O)c1. The average Bonchev–Trinajstić information content (AvgIpc) is 3.17. The predicted molar refractivity (Wildman–Crippen MR) is 154 cm³/mol. The van der Waals surface area contributed by atoms with Gasteiger partial charge in [0.05, 0.1) is 24.8 Å². The number of nitrogens with zero attached hydrogens (tertiary/aromatic N) is 1. The fourth-order valence-electron chi connectivity index (χ4n) is 5.41. The number of aromatic nitrogens is 1. The zero-order chi connectivity index (χ0) is 30.2. The molecular formula is C31H25F2N3O6S. The summed E-state index contributed by atoms with van der Waals surface area (Å²) < 4.78 is 34.9. The van der Waals surface area contributed by atoms with Crippen LogP contribution >= 0.6 is 11.8 Å². The Kier molecular flexibility index (Phi) is 7.74. The Labute approximate surface area is 248 Å². The average molecular weight is 606 g/mol. The van der Waals surface area contributed by atoms with Crippen molar-refractivity contribution in [2.75, 3.05) is 19.8 Å². The molecule has 4 aromatic rings. The van der Waals surface area contributed by atoms with Crippen molar-refractivity contribution >= 4 is 23.6 Å². The van der Waals surface area contributed by atoms with Gasteiger partial charge < -0.3 is 24.8 Å². The second kappa shape index (κ2) is 11.6. The number of ether oxygens (including phenoxy) is 1. The number of morpholine rings is 1. The number of carboxylic acid groups (broad SMARTS) is 1. The number of fused-ring (bicyclic) bond motifs is 2. The molecule has 0 aliphatic carbocycles. The second-order valence-electron chi connectivity index (χ2n) is 10.1. The first-order valence-corrected chi connectivity index (χ1v) is 14.3.